The van der Waals surface area contributed by atoms with Crippen LogP contribution >= 0.6 is 0 Å². The molecule has 0 radical (unpaired) electrons. The van der Waals surface area contributed by atoms with E-state index in [1.807, 2.05) is 12.1 Å². The number of nitrogens with one attached hydrogen (secondary N) is 1. The van der Waals surface area contributed by atoms with Crippen LogP contribution in [0.15, 0.2) is 29.2 Å². The van der Waals surface area contributed by atoms with Gasteiger partial charge >= 0.3 is 0 Å². The summed E-state index contributed by atoms with van der Waals surface area (Å²) in [4.78, 5) is 0.426. The largest absolute Gasteiger partial charge is 0.317 e. The highest BCUT2D eigenvalue weighted by Gasteiger charge is 2.29. The van der Waals surface area contributed by atoms with Crippen molar-refractivity contribution in [2.45, 2.75) is 44.9 Å². The Balaban J connectivity index is 1.99. The van der Waals surface area contributed by atoms with E-state index in [-0.39, 0.29) is 0 Å². The quantitative estimate of drug-likeness (QED) is 0.832. The van der Waals surface area contributed by atoms with Crippen LogP contribution < -0.4 is 5.32 Å². The number of rotatable bonds is 7. The molecule has 1 aliphatic rings. The van der Waals surface area contributed by atoms with E-state index >= 15 is 0 Å². The minimum Gasteiger partial charge on any atom is -0.317 e. The summed E-state index contributed by atoms with van der Waals surface area (Å²) in [6.07, 6.45) is 2.87. The van der Waals surface area contributed by atoms with E-state index in [0.717, 1.165) is 32.4 Å². The average molecular weight is 339 g/mol. The number of nitrogens with zero attached hydrogens (tertiary/aromatic N) is 1. The van der Waals surface area contributed by atoms with Crippen molar-refractivity contribution in [3.8, 4) is 0 Å². The van der Waals surface area contributed by atoms with Gasteiger partial charge in [-0.2, -0.15) is 4.31 Å². The standard InChI is InChI=1S/C18H30N2O2S/c1-4-19-14-17-9-11-20(12-10-17)23(21,22)18-7-5-16(6-8-18)13-15(2)3/h5-8,15,17,19H,4,9-14H2,1-3H3. The second kappa shape index (κ2) is 8.27. The molecule has 1 heterocycles. The molecular formula is C18H30N2O2S. The fourth-order valence-corrected chi connectivity index (χ4v) is 4.59. The smallest absolute Gasteiger partial charge is 0.243 e. The highest BCUT2D eigenvalue weighted by molar-refractivity contribution is 7.89. The van der Waals surface area contributed by atoms with Crippen molar-refractivity contribution in [1.82, 2.24) is 9.62 Å². The summed E-state index contributed by atoms with van der Waals surface area (Å²) in [6.45, 7) is 9.67. The third kappa shape index (κ3) is 5.03. The molecule has 1 aromatic rings. The van der Waals surface area contributed by atoms with Crippen LogP contribution in [0.1, 0.15) is 39.2 Å². The summed E-state index contributed by atoms with van der Waals surface area (Å²) in [6, 6.07) is 7.42. The summed E-state index contributed by atoms with van der Waals surface area (Å²) in [7, 11) is -3.34. The van der Waals surface area contributed by atoms with Crippen LogP contribution in [0.25, 0.3) is 0 Å². The topological polar surface area (TPSA) is 49.4 Å². The van der Waals surface area contributed by atoms with Crippen LogP contribution in [0, 0.1) is 11.8 Å². The van der Waals surface area contributed by atoms with Gasteiger partial charge in [0.2, 0.25) is 10.0 Å². The molecule has 0 unspecified atom stereocenters. The minimum atomic E-state index is -3.34. The molecule has 0 spiro atoms. The monoisotopic (exact) mass is 338 g/mol. The van der Waals surface area contributed by atoms with Crippen LogP contribution in [0.2, 0.25) is 0 Å². The van der Waals surface area contributed by atoms with Crippen molar-refractivity contribution in [3.05, 3.63) is 29.8 Å². The molecule has 0 aliphatic carbocycles. The van der Waals surface area contributed by atoms with Crippen LogP contribution in [0.5, 0.6) is 0 Å². The first-order valence-electron chi connectivity index (χ1n) is 8.73. The van der Waals surface area contributed by atoms with Crippen LogP contribution in [-0.2, 0) is 16.4 Å². The molecule has 0 amide bonds. The van der Waals surface area contributed by atoms with Crippen molar-refractivity contribution in [1.29, 1.82) is 0 Å². The van der Waals surface area contributed by atoms with Gasteiger partial charge in [0, 0.05) is 13.1 Å². The Hall–Kier alpha value is -0.910. The molecule has 1 aromatic carbocycles. The maximum Gasteiger partial charge on any atom is 0.243 e. The van der Waals surface area contributed by atoms with Gasteiger partial charge in [0.25, 0.3) is 0 Å². The first-order chi connectivity index (χ1) is 10.9. The second-order valence-corrected chi connectivity index (χ2v) is 8.83. The number of hydrogen-bond donors (Lipinski definition) is 1. The fourth-order valence-electron chi connectivity index (χ4n) is 3.12. The van der Waals surface area contributed by atoms with E-state index in [1.54, 1.807) is 16.4 Å². The minimum absolute atomic E-state index is 0.426. The Morgan fingerprint density at radius 2 is 1.78 bits per heavy atom. The molecule has 1 aliphatic heterocycles. The van der Waals surface area contributed by atoms with Crippen molar-refractivity contribution < 1.29 is 8.42 Å². The van der Waals surface area contributed by atoms with Gasteiger partial charge in [-0.3, -0.25) is 0 Å². The molecule has 0 aromatic heterocycles. The van der Waals surface area contributed by atoms with Crippen LogP contribution in [0.4, 0.5) is 0 Å². The number of benzene rings is 1. The van der Waals surface area contributed by atoms with Crippen LogP contribution in [-0.4, -0.2) is 38.9 Å². The Kier molecular flexibility index (Phi) is 6.62. The second-order valence-electron chi connectivity index (χ2n) is 6.90. The maximum absolute atomic E-state index is 12.8. The van der Waals surface area contributed by atoms with Crippen molar-refractivity contribution in [2.75, 3.05) is 26.2 Å². The highest BCUT2D eigenvalue weighted by atomic mass is 32.2. The molecule has 4 nitrogen and oxygen atoms in total. The molecule has 1 fully saturated rings. The zero-order valence-corrected chi connectivity index (χ0v) is 15.4. The predicted molar refractivity (Wildman–Crippen MR) is 95.0 cm³/mol. The fraction of sp³-hybridized carbons (Fsp3) is 0.667. The molecule has 23 heavy (non-hydrogen) atoms. The zero-order chi connectivity index (χ0) is 16.9. The molecule has 2 rings (SSSR count). The van der Waals surface area contributed by atoms with E-state index in [9.17, 15) is 8.42 Å². The lowest BCUT2D eigenvalue weighted by Crippen LogP contribution is -2.40. The summed E-state index contributed by atoms with van der Waals surface area (Å²) in [5.41, 5.74) is 1.20. The number of hydrogen-bond acceptors (Lipinski definition) is 3. The predicted octanol–water partition coefficient (Wildman–Crippen LogP) is 2.90. The molecule has 130 valence electrons. The number of sulfonamides is 1. The zero-order valence-electron chi connectivity index (χ0n) is 14.6. The van der Waals surface area contributed by atoms with Gasteiger partial charge < -0.3 is 5.32 Å². The molecule has 0 saturated carbocycles. The maximum atomic E-state index is 12.8. The van der Waals surface area contributed by atoms with E-state index in [2.05, 4.69) is 26.1 Å². The van der Waals surface area contributed by atoms with Crippen molar-refractivity contribution in [3.63, 3.8) is 0 Å². The van der Waals surface area contributed by atoms with Gasteiger partial charge in [-0.25, -0.2) is 8.42 Å². The third-order valence-corrected chi connectivity index (χ3v) is 6.37. The van der Waals surface area contributed by atoms with Gasteiger partial charge in [-0.05, 0) is 61.9 Å². The van der Waals surface area contributed by atoms with Gasteiger partial charge in [0.05, 0.1) is 4.90 Å². The average Bonchev–Trinajstić information content (AvgIpc) is 2.53. The van der Waals surface area contributed by atoms with Gasteiger partial charge in [0.1, 0.15) is 0 Å². The molecule has 0 atom stereocenters. The van der Waals surface area contributed by atoms with E-state index in [0.29, 0.717) is 29.8 Å². The molecular weight excluding hydrogens is 308 g/mol. The Morgan fingerprint density at radius 3 is 2.30 bits per heavy atom. The normalized spacial score (nSPS) is 17.7. The molecule has 1 saturated heterocycles. The van der Waals surface area contributed by atoms with E-state index < -0.39 is 10.0 Å². The first kappa shape index (κ1) is 18.4. The summed E-state index contributed by atoms with van der Waals surface area (Å²) < 4.78 is 27.1. The van der Waals surface area contributed by atoms with Gasteiger partial charge in [-0.15, -0.1) is 0 Å². The lowest BCUT2D eigenvalue weighted by Gasteiger charge is -2.31. The van der Waals surface area contributed by atoms with Gasteiger partial charge in [0.15, 0.2) is 0 Å². The molecule has 0 bridgehead atoms. The van der Waals surface area contributed by atoms with E-state index in [4.69, 9.17) is 0 Å². The van der Waals surface area contributed by atoms with Crippen molar-refractivity contribution >= 4 is 10.0 Å². The lowest BCUT2D eigenvalue weighted by molar-refractivity contribution is 0.268. The number of piperidine rings is 1. The van der Waals surface area contributed by atoms with Gasteiger partial charge in [-0.1, -0.05) is 32.9 Å². The third-order valence-electron chi connectivity index (χ3n) is 4.46. The van der Waals surface area contributed by atoms with Crippen molar-refractivity contribution in [2.24, 2.45) is 11.8 Å². The Morgan fingerprint density at radius 1 is 1.17 bits per heavy atom. The highest BCUT2D eigenvalue weighted by Crippen LogP contribution is 2.24. The summed E-state index contributed by atoms with van der Waals surface area (Å²) in [5, 5.41) is 3.36. The molecule has 5 heteroatoms. The summed E-state index contributed by atoms with van der Waals surface area (Å²) in [5.74, 6) is 1.17. The SMILES string of the molecule is CCNCC1CCN(S(=O)(=O)c2ccc(CC(C)C)cc2)CC1. The Bertz CT molecular complexity index is 574. The van der Waals surface area contributed by atoms with Crippen LogP contribution in [0.3, 0.4) is 0 Å². The van der Waals surface area contributed by atoms with E-state index in [1.165, 1.54) is 5.56 Å². The Labute approximate surface area is 141 Å². The lowest BCUT2D eigenvalue weighted by atomic mass is 9.98. The first-order valence-corrected chi connectivity index (χ1v) is 10.2. The molecule has 1 N–H and O–H groups in total. The summed E-state index contributed by atoms with van der Waals surface area (Å²) >= 11 is 0.